The number of ketones is 1. The molecule has 0 bridgehead atoms. The fraction of sp³-hybridized carbons (Fsp3) is 0.433. The SMILES string of the molecule is CC[C@@H](C)OC(=O)C1C(C)=NC2=C(C(=O)C[C@H](c3ccc(OC)c(OC)c3)C2)[C@H]1c1ccc(C)cc1. The van der Waals surface area contributed by atoms with E-state index in [9.17, 15) is 9.59 Å². The van der Waals surface area contributed by atoms with E-state index in [2.05, 4.69) is 0 Å². The Morgan fingerprint density at radius 2 is 1.67 bits per heavy atom. The minimum absolute atomic E-state index is 0.0270. The number of aliphatic imine (C=N–C) groups is 1. The van der Waals surface area contributed by atoms with Crippen molar-refractivity contribution >= 4 is 17.5 Å². The Kier molecular flexibility index (Phi) is 7.62. The quantitative estimate of drug-likeness (QED) is 0.451. The van der Waals surface area contributed by atoms with Crippen LogP contribution in [0.5, 0.6) is 11.5 Å². The highest BCUT2D eigenvalue weighted by molar-refractivity contribution is 6.09. The van der Waals surface area contributed by atoms with Crippen molar-refractivity contribution < 1.29 is 23.8 Å². The van der Waals surface area contributed by atoms with Gasteiger partial charge in [-0.05, 0) is 62.8 Å². The number of Topliss-reactive ketones (excluding diaryl/α,β-unsaturated/α-hetero) is 1. The number of ether oxygens (including phenoxy) is 3. The third kappa shape index (κ3) is 4.95. The van der Waals surface area contributed by atoms with Gasteiger partial charge in [-0.3, -0.25) is 14.6 Å². The normalized spacial score (nSPS) is 22.4. The zero-order valence-electron chi connectivity index (χ0n) is 22.0. The molecule has 6 nitrogen and oxygen atoms in total. The van der Waals surface area contributed by atoms with Gasteiger partial charge in [-0.2, -0.15) is 0 Å². The number of carbonyl (C=O) groups is 2. The molecule has 1 aliphatic carbocycles. The Labute approximate surface area is 213 Å². The summed E-state index contributed by atoms with van der Waals surface area (Å²) in [4.78, 5) is 32.0. The molecule has 6 heteroatoms. The van der Waals surface area contributed by atoms with Crippen LogP contribution in [0.2, 0.25) is 0 Å². The van der Waals surface area contributed by atoms with Crippen molar-refractivity contribution in [3.63, 3.8) is 0 Å². The summed E-state index contributed by atoms with van der Waals surface area (Å²) < 4.78 is 16.6. The molecular formula is C30H35NO5. The van der Waals surface area contributed by atoms with Gasteiger partial charge in [0.05, 0.1) is 20.3 Å². The van der Waals surface area contributed by atoms with Crippen LogP contribution < -0.4 is 9.47 Å². The lowest BCUT2D eigenvalue weighted by atomic mass is 9.69. The third-order valence-electron chi connectivity index (χ3n) is 7.35. The molecule has 0 aromatic heterocycles. The molecule has 190 valence electrons. The fourth-order valence-electron chi connectivity index (χ4n) is 5.20. The highest BCUT2D eigenvalue weighted by Crippen LogP contribution is 2.47. The second-order valence-corrected chi connectivity index (χ2v) is 9.78. The van der Waals surface area contributed by atoms with Crippen LogP contribution >= 0.6 is 0 Å². The van der Waals surface area contributed by atoms with Gasteiger partial charge in [0.15, 0.2) is 17.3 Å². The molecule has 4 rings (SSSR count). The first-order chi connectivity index (χ1) is 17.3. The van der Waals surface area contributed by atoms with Crippen LogP contribution in [0.4, 0.5) is 0 Å². The molecule has 0 fully saturated rings. The van der Waals surface area contributed by atoms with Crippen LogP contribution in [0.15, 0.2) is 58.7 Å². The van der Waals surface area contributed by atoms with Crippen LogP contribution in [0, 0.1) is 12.8 Å². The van der Waals surface area contributed by atoms with Crippen molar-refractivity contribution in [3.8, 4) is 11.5 Å². The standard InChI is InChI=1S/C30H35NO5/c1-7-18(3)36-30(33)27-19(4)31-23-14-22(21-12-13-25(34-5)26(16-21)35-6)15-24(32)29(23)28(27)20-10-8-17(2)9-11-20/h8-13,16,18,22,27-28H,7,14-15H2,1-6H3/t18-,22-,27?,28+/m1/s1. The van der Waals surface area contributed by atoms with Crippen LogP contribution in [-0.2, 0) is 14.3 Å². The second-order valence-electron chi connectivity index (χ2n) is 9.78. The first kappa shape index (κ1) is 25.7. The van der Waals surface area contributed by atoms with Crippen molar-refractivity contribution in [1.82, 2.24) is 0 Å². The van der Waals surface area contributed by atoms with Crippen LogP contribution in [-0.4, -0.2) is 37.8 Å². The average Bonchev–Trinajstić information content (AvgIpc) is 2.87. The number of allylic oxidation sites excluding steroid dienone is 2. The highest BCUT2D eigenvalue weighted by atomic mass is 16.5. The predicted octanol–water partition coefficient (Wildman–Crippen LogP) is 5.93. The van der Waals surface area contributed by atoms with Gasteiger partial charge in [-0.1, -0.05) is 42.8 Å². The lowest BCUT2D eigenvalue weighted by molar-refractivity contribution is -0.151. The number of esters is 1. The van der Waals surface area contributed by atoms with Crippen molar-refractivity contribution in [2.45, 2.75) is 64.9 Å². The summed E-state index contributed by atoms with van der Waals surface area (Å²) in [5, 5.41) is 0. The summed E-state index contributed by atoms with van der Waals surface area (Å²) in [5.41, 5.74) is 5.16. The first-order valence-electron chi connectivity index (χ1n) is 12.6. The molecule has 0 amide bonds. The van der Waals surface area contributed by atoms with Gasteiger partial charge in [0, 0.05) is 29.3 Å². The van der Waals surface area contributed by atoms with E-state index in [-0.39, 0.29) is 23.8 Å². The molecule has 0 saturated carbocycles. The summed E-state index contributed by atoms with van der Waals surface area (Å²) >= 11 is 0. The van der Waals surface area contributed by atoms with E-state index >= 15 is 0 Å². The van der Waals surface area contributed by atoms with E-state index in [1.165, 1.54) is 0 Å². The second kappa shape index (κ2) is 10.7. The molecule has 0 saturated heterocycles. The highest BCUT2D eigenvalue weighted by Gasteiger charge is 2.45. The maximum absolute atomic E-state index is 13.8. The molecule has 1 aliphatic heterocycles. The monoisotopic (exact) mass is 489 g/mol. The van der Waals surface area contributed by atoms with Crippen LogP contribution in [0.1, 0.15) is 68.6 Å². The number of benzene rings is 2. The molecule has 2 aromatic rings. The summed E-state index contributed by atoms with van der Waals surface area (Å²) in [6, 6.07) is 13.9. The van der Waals surface area contributed by atoms with Crippen molar-refractivity contribution in [2.24, 2.45) is 10.9 Å². The molecule has 1 heterocycles. The zero-order valence-corrected chi connectivity index (χ0v) is 22.0. The number of rotatable bonds is 7. The Morgan fingerprint density at radius 1 is 1.00 bits per heavy atom. The smallest absolute Gasteiger partial charge is 0.315 e. The van der Waals surface area contributed by atoms with E-state index in [0.717, 1.165) is 28.8 Å². The minimum atomic E-state index is -0.623. The van der Waals surface area contributed by atoms with Gasteiger partial charge in [0.1, 0.15) is 5.92 Å². The van der Waals surface area contributed by atoms with Crippen LogP contribution in [0.3, 0.4) is 0 Å². The largest absolute Gasteiger partial charge is 0.493 e. The summed E-state index contributed by atoms with van der Waals surface area (Å²) in [6.45, 7) is 7.77. The number of carbonyl (C=O) groups excluding carboxylic acids is 2. The number of hydrogen-bond acceptors (Lipinski definition) is 6. The third-order valence-corrected chi connectivity index (χ3v) is 7.35. The topological polar surface area (TPSA) is 74.2 Å². The van der Waals surface area contributed by atoms with Crippen molar-refractivity contribution in [1.29, 1.82) is 0 Å². The molecule has 2 aromatic carbocycles. The molecule has 0 spiro atoms. The van der Waals surface area contributed by atoms with E-state index in [1.54, 1.807) is 14.2 Å². The molecule has 0 N–H and O–H groups in total. The van der Waals surface area contributed by atoms with E-state index in [0.29, 0.717) is 35.6 Å². The molecule has 36 heavy (non-hydrogen) atoms. The number of hydrogen-bond donors (Lipinski definition) is 0. The minimum Gasteiger partial charge on any atom is -0.493 e. The number of nitrogens with zero attached hydrogens (tertiary/aromatic N) is 1. The maximum Gasteiger partial charge on any atom is 0.315 e. The Balaban J connectivity index is 1.76. The van der Waals surface area contributed by atoms with Gasteiger partial charge in [-0.25, -0.2) is 0 Å². The molecule has 4 atom stereocenters. The Hall–Kier alpha value is -3.41. The molecule has 0 radical (unpaired) electrons. The lowest BCUT2D eigenvalue weighted by Gasteiger charge is -2.37. The first-order valence-corrected chi connectivity index (χ1v) is 12.6. The van der Waals surface area contributed by atoms with Gasteiger partial charge in [0.25, 0.3) is 0 Å². The van der Waals surface area contributed by atoms with Crippen molar-refractivity contribution in [3.05, 3.63) is 70.4 Å². The summed E-state index contributed by atoms with van der Waals surface area (Å²) in [6.07, 6.45) is 1.49. The number of methoxy groups -OCH3 is 2. The Morgan fingerprint density at radius 3 is 2.31 bits per heavy atom. The van der Waals surface area contributed by atoms with Gasteiger partial charge >= 0.3 is 5.97 Å². The lowest BCUT2D eigenvalue weighted by Crippen LogP contribution is -2.39. The van der Waals surface area contributed by atoms with E-state index < -0.39 is 11.8 Å². The van der Waals surface area contributed by atoms with Gasteiger partial charge < -0.3 is 14.2 Å². The zero-order chi connectivity index (χ0) is 26.0. The van der Waals surface area contributed by atoms with Gasteiger partial charge in [-0.15, -0.1) is 0 Å². The van der Waals surface area contributed by atoms with Crippen LogP contribution in [0.25, 0.3) is 0 Å². The average molecular weight is 490 g/mol. The molecule has 2 aliphatic rings. The Bertz CT molecular complexity index is 1210. The van der Waals surface area contributed by atoms with E-state index in [4.69, 9.17) is 19.2 Å². The summed E-state index contributed by atoms with van der Waals surface area (Å²) in [7, 11) is 3.21. The van der Waals surface area contributed by atoms with Gasteiger partial charge in [0.2, 0.25) is 0 Å². The molecule has 1 unspecified atom stereocenters. The maximum atomic E-state index is 13.8. The fourth-order valence-corrected chi connectivity index (χ4v) is 5.20. The van der Waals surface area contributed by atoms with Crippen molar-refractivity contribution in [2.75, 3.05) is 14.2 Å². The number of aryl methyl sites for hydroxylation is 1. The van der Waals surface area contributed by atoms with E-state index in [1.807, 2.05) is 70.2 Å². The predicted molar refractivity (Wildman–Crippen MR) is 140 cm³/mol. The summed E-state index contributed by atoms with van der Waals surface area (Å²) in [5.74, 6) is -0.0740. The molecular weight excluding hydrogens is 454 g/mol.